The molecular formula is C15H11BrClNO3. The second-order valence-corrected chi connectivity index (χ2v) is 5.76. The summed E-state index contributed by atoms with van der Waals surface area (Å²) < 4.78 is 11.8. The summed E-state index contributed by atoms with van der Waals surface area (Å²) in [6.07, 6.45) is 0. The fourth-order valence-electron chi connectivity index (χ4n) is 2.00. The molecule has 1 aliphatic heterocycles. The molecule has 0 fully saturated rings. The van der Waals surface area contributed by atoms with Crippen LogP contribution in [0.3, 0.4) is 0 Å². The van der Waals surface area contributed by atoms with E-state index >= 15 is 0 Å². The Kier molecular flexibility index (Phi) is 4.03. The number of rotatable bonds is 2. The molecule has 0 radical (unpaired) electrons. The van der Waals surface area contributed by atoms with Crippen LogP contribution in [0.1, 0.15) is 10.4 Å². The van der Waals surface area contributed by atoms with Gasteiger partial charge in [-0.15, -0.1) is 0 Å². The number of carbonyl (C=O) groups is 1. The predicted molar refractivity (Wildman–Crippen MR) is 84.5 cm³/mol. The number of ether oxygens (including phenoxy) is 2. The molecule has 0 saturated carbocycles. The summed E-state index contributed by atoms with van der Waals surface area (Å²) in [5.41, 5.74) is 1.03. The van der Waals surface area contributed by atoms with E-state index in [1.165, 1.54) is 0 Å². The first-order valence-electron chi connectivity index (χ1n) is 6.29. The maximum atomic E-state index is 12.3. The largest absolute Gasteiger partial charge is 0.486 e. The molecule has 0 unspecified atom stereocenters. The van der Waals surface area contributed by atoms with Crippen molar-refractivity contribution in [2.75, 3.05) is 18.5 Å². The SMILES string of the molecule is O=C(Nc1cccc(Br)c1)c1cc2c(cc1Cl)OCCO2. The zero-order chi connectivity index (χ0) is 14.8. The Morgan fingerprint density at radius 1 is 1.14 bits per heavy atom. The lowest BCUT2D eigenvalue weighted by atomic mass is 10.1. The molecule has 1 amide bonds. The smallest absolute Gasteiger partial charge is 0.257 e. The van der Waals surface area contributed by atoms with Crippen LogP contribution in [0.25, 0.3) is 0 Å². The summed E-state index contributed by atoms with van der Waals surface area (Å²) in [5, 5.41) is 3.12. The standard InChI is InChI=1S/C15H11BrClNO3/c16-9-2-1-3-10(6-9)18-15(19)11-7-13-14(8-12(11)17)21-5-4-20-13/h1-3,6-8H,4-5H2,(H,18,19). The van der Waals surface area contributed by atoms with Crippen molar-refractivity contribution in [1.29, 1.82) is 0 Å². The second-order valence-electron chi connectivity index (χ2n) is 4.44. The summed E-state index contributed by atoms with van der Waals surface area (Å²) in [5.74, 6) is 0.797. The molecule has 2 aromatic rings. The van der Waals surface area contributed by atoms with Gasteiger partial charge in [0.25, 0.3) is 5.91 Å². The Hall–Kier alpha value is -1.72. The molecular weight excluding hydrogens is 358 g/mol. The van der Waals surface area contributed by atoms with Crippen molar-refractivity contribution in [3.05, 3.63) is 51.5 Å². The van der Waals surface area contributed by atoms with Gasteiger partial charge in [0, 0.05) is 16.2 Å². The number of hydrogen-bond acceptors (Lipinski definition) is 3. The quantitative estimate of drug-likeness (QED) is 0.867. The minimum absolute atomic E-state index is 0.296. The van der Waals surface area contributed by atoms with Gasteiger partial charge in [0.2, 0.25) is 0 Å². The van der Waals surface area contributed by atoms with Gasteiger partial charge in [0.05, 0.1) is 10.6 Å². The highest BCUT2D eigenvalue weighted by Gasteiger charge is 2.19. The molecule has 1 N–H and O–H groups in total. The van der Waals surface area contributed by atoms with Gasteiger partial charge in [0.15, 0.2) is 11.5 Å². The molecule has 6 heteroatoms. The first kappa shape index (κ1) is 14.2. The molecule has 3 rings (SSSR count). The average molecular weight is 369 g/mol. The van der Waals surface area contributed by atoms with E-state index in [2.05, 4.69) is 21.2 Å². The van der Waals surface area contributed by atoms with Crippen LogP contribution in [0, 0.1) is 0 Å². The third kappa shape index (κ3) is 3.14. The maximum Gasteiger partial charge on any atom is 0.257 e. The van der Waals surface area contributed by atoms with Crippen LogP contribution in [-0.2, 0) is 0 Å². The number of hydrogen-bond donors (Lipinski definition) is 1. The first-order chi connectivity index (χ1) is 10.1. The van der Waals surface area contributed by atoms with Gasteiger partial charge in [-0.25, -0.2) is 0 Å². The van der Waals surface area contributed by atoms with Crippen molar-refractivity contribution >= 4 is 39.1 Å². The number of fused-ring (bicyclic) bond motifs is 1. The molecule has 1 heterocycles. The number of amides is 1. The lowest BCUT2D eigenvalue weighted by Gasteiger charge is -2.19. The van der Waals surface area contributed by atoms with Crippen molar-refractivity contribution in [2.45, 2.75) is 0 Å². The van der Waals surface area contributed by atoms with Crippen molar-refractivity contribution in [3.63, 3.8) is 0 Å². The van der Waals surface area contributed by atoms with Gasteiger partial charge in [-0.3, -0.25) is 4.79 Å². The number of benzene rings is 2. The zero-order valence-corrected chi connectivity index (χ0v) is 13.2. The normalized spacial score (nSPS) is 12.9. The molecule has 4 nitrogen and oxygen atoms in total. The Morgan fingerprint density at radius 3 is 2.57 bits per heavy atom. The monoisotopic (exact) mass is 367 g/mol. The highest BCUT2D eigenvalue weighted by Crippen LogP contribution is 2.35. The van der Waals surface area contributed by atoms with Crippen LogP contribution in [0.2, 0.25) is 5.02 Å². The van der Waals surface area contributed by atoms with Crippen LogP contribution in [0.4, 0.5) is 5.69 Å². The van der Waals surface area contributed by atoms with E-state index in [0.717, 1.165) is 4.47 Å². The van der Waals surface area contributed by atoms with Gasteiger partial charge in [0.1, 0.15) is 13.2 Å². The predicted octanol–water partition coefficient (Wildman–Crippen LogP) is 4.13. The minimum Gasteiger partial charge on any atom is -0.486 e. The number of halogens is 2. The van der Waals surface area contributed by atoms with Crippen molar-refractivity contribution in [2.24, 2.45) is 0 Å². The van der Waals surface area contributed by atoms with Gasteiger partial charge >= 0.3 is 0 Å². The zero-order valence-electron chi connectivity index (χ0n) is 10.9. The molecule has 21 heavy (non-hydrogen) atoms. The fraction of sp³-hybridized carbons (Fsp3) is 0.133. The van der Waals surface area contributed by atoms with E-state index in [9.17, 15) is 4.79 Å². The summed E-state index contributed by atoms with van der Waals surface area (Å²) in [7, 11) is 0. The summed E-state index contributed by atoms with van der Waals surface area (Å²) in [4.78, 5) is 12.3. The Balaban J connectivity index is 1.87. The molecule has 1 aliphatic rings. The Labute approximate surface area is 135 Å². The third-order valence-corrected chi connectivity index (χ3v) is 3.76. The van der Waals surface area contributed by atoms with Gasteiger partial charge < -0.3 is 14.8 Å². The first-order valence-corrected chi connectivity index (χ1v) is 7.46. The van der Waals surface area contributed by atoms with E-state index in [1.807, 2.05) is 18.2 Å². The highest BCUT2D eigenvalue weighted by atomic mass is 79.9. The van der Waals surface area contributed by atoms with Crippen molar-refractivity contribution in [3.8, 4) is 11.5 Å². The van der Waals surface area contributed by atoms with E-state index < -0.39 is 0 Å². The Morgan fingerprint density at radius 2 is 1.86 bits per heavy atom. The van der Waals surface area contributed by atoms with E-state index in [-0.39, 0.29) is 5.91 Å². The van der Waals surface area contributed by atoms with Crippen LogP contribution in [0.15, 0.2) is 40.9 Å². The van der Waals surface area contributed by atoms with Crippen LogP contribution < -0.4 is 14.8 Å². The molecule has 2 aromatic carbocycles. The number of carbonyl (C=O) groups excluding carboxylic acids is 1. The van der Waals surface area contributed by atoms with E-state index in [4.69, 9.17) is 21.1 Å². The maximum absolute atomic E-state index is 12.3. The Bertz CT molecular complexity index is 705. The molecule has 0 aromatic heterocycles. The number of anilines is 1. The third-order valence-electron chi connectivity index (χ3n) is 2.96. The average Bonchev–Trinajstić information content (AvgIpc) is 2.46. The lowest BCUT2D eigenvalue weighted by molar-refractivity contribution is 0.102. The molecule has 0 spiro atoms. The topological polar surface area (TPSA) is 47.6 Å². The molecule has 108 valence electrons. The molecule has 0 aliphatic carbocycles. The summed E-state index contributed by atoms with van der Waals surface area (Å²) in [6.45, 7) is 0.939. The second kappa shape index (κ2) is 5.95. The van der Waals surface area contributed by atoms with E-state index in [1.54, 1.807) is 18.2 Å². The summed E-state index contributed by atoms with van der Waals surface area (Å²) in [6, 6.07) is 10.5. The number of nitrogens with one attached hydrogen (secondary N) is 1. The molecule has 0 bridgehead atoms. The molecule has 0 atom stereocenters. The van der Waals surface area contributed by atoms with Crippen molar-refractivity contribution < 1.29 is 14.3 Å². The lowest BCUT2D eigenvalue weighted by Crippen LogP contribution is -2.17. The summed E-state index contributed by atoms with van der Waals surface area (Å²) >= 11 is 9.51. The van der Waals surface area contributed by atoms with Gasteiger partial charge in [-0.05, 0) is 24.3 Å². The van der Waals surface area contributed by atoms with Crippen LogP contribution in [0.5, 0.6) is 11.5 Å². The minimum atomic E-state index is -0.296. The van der Waals surface area contributed by atoms with E-state index in [0.29, 0.717) is 41.0 Å². The van der Waals surface area contributed by atoms with Gasteiger partial charge in [-0.1, -0.05) is 33.6 Å². The molecule has 0 saturated heterocycles. The van der Waals surface area contributed by atoms with Crippen LogP contribution >= 0.6 is 27.5 Å². The van der Waals surface area contributed by atoms with Crippen molar-refractivity contribution in [1.82, 2.24) is 0 Å². The van der Waals surface area contributed by atoms with Gasteiger partial charge in [-0.2, -0.15) is 0 Å². The fourth-order valence-corrected chi connectivity index (χ4v) is 2.64. The van der Waals surface area contributed by atoms with Crippen LogP contribution in [-0.4, -0.2) is 19.1 Å². The highest BCUT2D eigenvalue weighted by molar-refractivity contribution is 9.10.